The molecule has 140 valence electrons. The number of nitrogens with two attached hydrogens (primary N) is 1. The summed E-state index contributed by atoms with van der Waals surface area (Å²) < 4.78 is 27.1. The van der Waals surface area contributed by atoms with Crippen LogP contribution in [0.4, 0.5) is 0 Å². The molecular formula is C18H23N3O4S. The predicted molar refractivity (Wildman–Crippen MR) is 94.4 cm³/mol. The molecule has 3 aliphatic rings. The van der Waals surface area contributed by atoms with Crippen molar-refractivity contribution in [2.24, 2.45) is 11.1 Å². The van der Waals surface area contributed by atoms with Crippen LogP contribution in [0.25, 0.3) is 0 Å². The summed E-state index contributed by atoms with van der Waals surface area (Å²) in [5.74, 6) is -0.776. The van der Waals surface area contributed by atoms with E-state index in [4.69, 9.17) is 5.73 Å². The zero-order chi connectivity index (χ0) is 18.5. The van der Waals surface area contributed by atoms with Crippen molar-refractivity contribution in [3.63, 3.8) is 0 Å². The van der Waals surface area contributed by atoms with Gasteiger partial charge in [-0.2, -0.15) is 4.31 Å². The molecule has 2 amide bonds. The Morgan fingerprint density at radius 2 is 1.73 bits per heavy atom. The van der Waals surface area contributed by atoms with E-state index in [1.807, 2.05) is 6.07 Å². The lowest BCUT2D eigenvalue weighted by atomic mass is 9.97. The maximum absolute atomic E-state index is 12.8. The van der Waals surface area contributed by atoms with Crippen LogP contribution in [-0.4, -0.2) is 49.1 Å². The van der Waals surface area contributed by atoms with Gasteiger partial charge in [-0.15, -0.1) is 0 Å². The van der Waals surface area contributed by atoms with Crippen LogP contribution in [0, 0.1) is 5.41 Å². The van der Waals surface area contributed by atoms with Gasteiger partial charge in [-0.1, -0.05) is 6.07 Å². The Kier molecular flexibility index (Phi) is 4.07. The van der Waals surface area contributed by atoms with Crippen LogP contribution < -0.4 is 5.73 Å². The monoisotopic (exact) mass is 377 g/mol. The summed E-state index contributed by atoms with van der Waals surface area (Å²) in [6, 6.07) is 5.20. The zero-order valence-electron chi connectivity index (χ0n) is 14.6. The highest BCUT2D eigenvalue weighted by molar-refractivity contribution is 7.89. The van der Waals surface area contributed by atoms with E-state index in [0.29, 0.717) is 45.4 Å². The van der Waals surface area contributed by atoms with E-state index in [-0.39, 0.29) is 10.8 Å². The highest BCUT2D eigenvalue weighted by Crippen LogP contribution is 2.47. The van der Waals surface area contributed by atoms with E-state index in [9.17, 15) is 18.0 Å². The third kappa shape index (κ3) is 2.72. The van der Waals surface area contributed by atoms with Crippen molar-refractivity contribution in [1.29, 1.82) is 0 Å². The molecule has 1 aromatic carbocycles. The first-order valence-electron chi connectivity index (χ1n) is 9.06. The van der Waals surface area contributed by atoms with Crippen molar-refractivity contribution in [2.75, 3.05) is 19.6 Å². The standard InChI is InChI=1S/C18H23N3O4S/c19-16(22)18(6-7-18)17(23)20-10-5-13-3-4-15(11-14(13)12-20)26(24,25)21-8-1-2-9-21/h3-4,11H,1-2,5-10,12H2,(H2,19,22). The number of hydrogen-bond donors (Lipinski definition) is 1. The first-order chi connectivity index (χ1) is 12.3. The summed E-state index contributed by atoms with van der Waals surface area (Å²) in [4.78, 5) is 26.3. The third-order valence-corrected chi connectivity index (χ3v) is 7.71. The number of sulfonamides is 1. The minimum atomic E-state index is -3.48. The number of nitrogens with zero attached hydrogens (tertiary/aromatic N) is 2. The Hall–Kier alpha value is -1.93. The maximum Gasteiger partial charge on any atom is 0.243 e. The molecule has 1 aliphatic carbocycles. The van der Waals surface area contributed by atoms with Gasteiger partial charge in [0.1, 0.15) is 5.41 Å². The topological polar surface area (TPSA) is 101 Å². The maximum atomic E-state index is 12.8. The van der Waals surface area contributed by atoms with E-state index in [1.165, 1.54) is 4.31 Å². The Morgan fingerprint density at radius 1 is 1.04 bits per heavy atom. The fraction of sp³-hybridized carbons (Fsp3) is 0.556. The van der Waals surface area contributed by atoms with Crippen molar-refractivity contribution in [3.8, 4) is 0 Å². The van der Waals surface area contributed by atoms with E-state index < -0.39 is 21.3 Å². The van der Waals surface area contributed by atoms with Gasteiger partial charge in [0.25, 0.3) is 0 Å². The van der Waals surface area contributed by atoms with E-state index in [0.717, 1.165) is 24.0 Å². The van der Waals surface area contributed by atoms with Crippen LogP contribution in [0.3, 0.4) is 0 Å². The van der Waals surface area contributed by atoms with Gasteiger partial charge < -0.3 is 10.6 Å². The minimum absolute atomic E-state index is 0.219. The van der Waals surface area contributed by atoms with Crippen LogP contribution in [0.2, 0.25) is 0 Å². The first kappa shape index (κ1) is 17.5. The number of primary amides is 1. The third-order valence-electron chi connectivity index (χ3n) is 5.81. The summed E-state index contributed by atoms with van der Waals surface area (Å²) in [6.45, 7) is 1.97. The fourth-order valence-electron chi connectivity index (χ4n) is 3.94. The van der Waals surface area contributed by atoms with Crippen LogP contribution in [-0.2, 0) is 32.6 Å². The van der Waals surface area contributed by atoms with Crippen LogP contribution in [0.5, 0.6) is 0 Å². The molecule has 2 heterocycles. The molecule has 0 bridgehead atoms. The lowest BCUT2D eigenvalue weighted by Gasteiger charge is -2.31. The summed E-state index contributed by atoms with van der Waals surface area (Å²) in [6.07, 6.45) is 3.45. The van der Waals surface area contributed by atoms with Crippen molar-refractivity contribution in [3.05, 3.63) is 29.3 Å². The number of amides is 2. The van der Waals surface area contributed by atoms with Crippen LogP contribution >= 0.6 is 0 Å². The molecule has 2 fully saturated rings. The highest BCUT2D eigenvalue weighted by atomic mass is 32.2. The van der Waals surface area contributed by atoms with E-state index in [2.05, 4.69) is 0 Å². The van der Waals surface area contributed by atoms with Gasteiger partial charge in [-0.25, -0.2) is 8.42 Å². The van der Waals surface area contributed by atoms with Crippen molar-refractivity contribution >= 4 is 21.8 Å². The molecule has 1 saturated carbocycles. The minimum Gasteiger partial charge on any atom is -0.369 e. The van der Waals surface area contributed by atoms with Gasteiger partial charge in [0.05, 0.1) is 4.90 Å². The Labute approximate surface area is 153 Å². The summed E-state index contributed by atoms with van der Waals surface area (Å²) in [7, 11) is -3.48. The molecule has 8 heteroatoms. The lowest BCUT2D eigenvalue weighted by molar-refractivity contribution is -0.143. The van der Waals surface area contributed by atoms with Gasteiger partial charge in [0.2, 0.25) is 21.8 Å². The summed E-state index contributed by atoms with van der Waals surface area (Å²) in [5, 5.41) is 0. The number of carbonyl (C=O) groups excluding carboxylic acids is 2. The molecule has 7 nitrogen and oxygen atoms in total. The molecule has 26 heavy (non-hydrogen) atoms. The molecule has 0 unspecified atom stereocenters. The Morgan fingerprint density at radius 3 is 2.35 bits per heavy atom. The van der Waals surface area contributed by atoms with Crippen molar-refractivity contribution < 1.29 is 18.0 Å². The van der Waals surface area contributed by atoms with Gasteiger partial charge in [-0.3, -0.25) is 9.59 Å². The molecule has 0 spiro atoms. The summed E-state index contributed by atoms with van der Waals surface area (Å²) >= 11 is 0. The molecule has 2 aliphatic heterocycles. The van der Waals surface area contributed by atoms with E-state index in [1.54, 1.807) is 17.0 Å². The van der Waals surface area contributed by atoms with Crippen LogP contribution in [0.15, 0.2) is 23.1 Å². The van der Waals surface area contributed by atoms with Gasteiger partial charge in [-0.05, 0) is 55.4 Å². The zero-order valence-corrected chi connectivity index (χ0v) is 15.4. The lowest BCUT2D eigenvalue weighted by Crippen LogP contribution is -2.45. The second-order valence-corrected chi connectivity index (χ2v) is 9.40. The molecule has 1 saturated heterocycles. The number of carbonyl (C=O) groups is 2. The number of hydrogen-bond acceptors (Lipinski definition) is 4. The quantitative estimate of drug-likeness (QED) is 0.777. The smallest absolute Gasteiger partial charge is 0.243 e. The average molecular weight is 377 g/mol. The van der Waals surface area contributed by atoms with Crippen LogP contribution in [0.1, 0.15) is 36.8 Å². The number of fused-ring (bicyclic) bond motifs is 1. The normalized spacial score (nSPS) is 22.1. The molecule has 4 rings (SSSR count). The second-order valence-electron chi connectivity index (χ2n) is 7.46. The largest absolute Gasteiger partial charge is 0.369 e. The molecular weight excluding hydrogens is 354 g/mol. The van der Waals surface area contributed by atoms with Gasteiger partial charge >= 0.3 is 0 Å². The summed E-state index contributed by atoms with van der Waals surface area (Å²) in [5.41, 5.74) is 6.28. The van der Waals surface area contributed by atoms with Gasteiger partial charge in [0.15, 0.2) is 0 Å². The Bertz CT molecular complexity index is 870. The van der Waals surface area contributed by atoms with Crippen molar-refractivity contribution in [2.45, 2.75) is 43.5 Å². The number of rotatable bonds is 4. The van der Waals surface area contributed by atoms with E-state index >= 15 is 0 Å². The molecule has 0 atom stereocenters. The molecule has 2 N–H and O–H groups in total. The van der Waals surface area contributed by atoms with Gasteiger partial charge in [0, 0.05) is 26.2 Å². The Balaban J connectivity index is 1.59. The highest BCUT2D eigenvalue weighted by Gasteiger charge is 2.57. The molecule has 0 radical (unpaired) electrons. The fourth-order valence-corrected chi connectivity index (χ4v) is 5.51. The first-order valence-corrected chi connectivity index (χ1v) is 10.5. The average Bonchev–Trinajstić information content (AvgIpc) is 3.26. The predicted octanol–water partition coefficient (Wildman–Crippen LogP) is 0.621. The SMILES string of the molecule is NC(=O)C1(C(=O)N2CCc3ccc(S(=O)(=O)N4CCCC4)cc3C2)CC1. The van der Waals surface area contributed by atoms with Crippen molar-refractivity contribution in [1.82, 2.24) is 9.21 Å². The number of benzene rings is 1. The molecule has 0 aromatic heterocycles. The second kappa shape index (κ2) is 6.06. The molecule has 1 aromatic rings.